The Balaban J connectivity index is 1.02. The van der Waals surface area contributed by atoms with Crippen molar-refractivity contribution in [3.8, 4) is 56.4 Å². The summed E-state index contributed by atoms with van der Waals surface area (Å²) in [6.45, 7) is 0. The average molecular weight is 643 g/mol. The molecule has 4 aromatic heterocycles. The molecule has 50 heavy (non-hydrogen) atoms. The van der Waals surface area contributed by atoms with Gasteiger partial charge in [-0.2, -0.15) is 0 Å². The van der Waals surface area contributed by atoms with Gasteiger partial charge in [0, 0.05) is 33.0 Å². The molecule has 0 unspecified atom stereocenters. The zero-order valence-electron chi connectivity index (χ0n) is 26.6. The number of furan rings is 2. The fourth-order valence-corrected chi connectivity index (χ4v) is 6.65. The fraction of sp³-hybridized carbons (Fsp3) is 0. The maximum absolute atomic E-state index is 6.27. The molecule has 0 fully saturated rings. The van der Waals surface area contributed by atoms with Crippen molar-refractivity contribution in [1.29, 1.82) is 0 Å². The van der Waals surface area contributed by atoms with E-state index in [0.29, 0.717) is 22.8 Å². The molecule has 0 bridgehead atoms. The highest BCUT2D eigenvalue weighted by Crippen LogP contribution is 2.37. The van der Waals surface area contributed by atoms with Gasteiger partial charge in [0.25, 0.3) is 0 Å². The zero-order valence-corrected chi connectivity index (χ0v) is 26.6. The number of hydrogen-bond donors (Lipinski definition) is 0. The molecular weight excluding hydrogens is 617 g/mol. The molecular formula is C44H26N4O2. The summed E-state index contributed by atoms with van der Waals surface area (Å²) >= 11 is 0. The lowest BCUT2D eigenvalue weighted by molar-refractivity contribution is 0.667. The van der Waals surface area contributed by atoms with Crippen molar-refractivity contribution in [2.24, 2.45) is 0 Å². The molecule has 0 atom stereocenters. The fourth-order valence-electron chi connectivity index (χ4n) is 6.65. The lowest BCUT2D eigenvalue weighted by Crippen LogP contribution is -1.94. The molecule has 0 radical (unpaired) electrons. The van der Waals surface area contributed by atoms with E-state index in [1.54, 1.807) is 0 Å². The van der Waals surface area contributed by atoms with Crippen LogP contribution in [0, 0.1) is 0 Å². The van der Waals surface area contributed by atoms with Gasteiger partial charge in [0.1, 0.15) is 33.6 Å². The van der Waals surface area contributed by atoms with E-state index in [1.807, 2.05) is 84.9 Å². The minimum absolute atomic E-state index is 0.651. The van der Waals surface area contributed by atoms with Crippen molar-refractivity contribution >= 4 is 44.1 Å². The van der Waals surface area contributed by atoms with E-state index in [4.69, 9.17) is 28.8 Å². The highest BCUT2D eigenvalue weighted by Gasteiger charge is 2.19. The second kappa shape index (κ2) is 11.4. The number of rotatable bonds is 5. The largest absolute Gasteiger partial charge is 0.452 e. The van der Waals surface area contributed by atoms with Crippen molar-refractivity contribution < 1.29 is 8.83 Å². The summed E-state index contributed by atoms with van der Waals surface area (Å²) in [5.74, 6) is 1.30. The molecule has 0 saturated heterocycles. The molecule has 10 aromatic rings. The summed E-state index contributed by atoms with van der Waals surface area (Å²) in [5.41, 5.74) is 12.1. The van der Waals surface area contributed by atoms with Crippen molar-refractivity contribution in [1.82, 2.24) is 19.9 Å². The average Bonchev–Trinajstić information content (AvgIpc) is 3.77. The van der Waals surface area contributed by atoms with E-state index >= 15 is 0 Å². The summed E-state index contributed by atoms with van der Waals surface area (Å²) in [4.78, 5) is 20.1. The molecule has 6 heteroatoms. The van der Waals surface area contributed by atoms with Gasteiger partial charge in [-0.3, -0.25) is 0 Å². The Kier molecular flexibility index (Phi) is 6.39. The number of hydrogen-bond acceptors (Lipinski definition) is 6. The molecule has 0 aliphatic heterocycles. The number of para-hydroxylation sites is 2. The zero-order chi connectivity index (χ0) is 33.0. The molecule has 10 rings (SSSR count). The van der Waals surface area contributed by atoms with Crippen LogP contribution in [0.25, 0.3) is 101 Å². The third-order valence-corrected chi connectivity index (χ3v) is 9.15. The Bertz CT molecular complexity index is 2640. The molecule has 0 aliphatic rings. The Morgan fingerprint density at radius 1 is 0.300 bits per heavy atom. The van der Waals surface area contributed by atoms with E-state index in [2.05, 4.69) is 72.8 Å². The van der Waals surface area contributed by atoms with E-state index in [1.165, 1.54) is 0 Å². The predicted octanol–water partition coefficient (Wildman–Crippen LogP) is 11.4. The molecule has 0 spiro atoms. The van der Waals surface area contributed by atoms with E-state index < -0.39 is 0 Å². The monoisotopic (exact) mass is 642 g/mol. The van der Waals surface area contributed by atoms with Crippen LogP contribution in [0.2, 0.25) is 0 Å². The predicted molar refractivity (Wildman–Crippen MR) is 199 cm³/mol. The minimum atomic E-state index is 0.651. The molecule has 234 valence electrons. The Morgan fingerprint density at radius 3 is 1.08 bits per heavy atom. The van der Waals surface area contributed by atoms with Crippen LogP contribution in [-0.2, 0) is 0 Å². The first-order valence-corrected chi connectivity index (χ1v) is 16.5. The van der Waals surface area contributed by atoms with Crippen LogP contribution < -0.4 is 0 Å². The lowest BCUT2D eigenvalue weighted by atomic mass is 10.0. The van der Waals surface area contributed by atoms with Gasteiger partial charge in [-0.15, -0.1) is 0 Å². The van der Waals surface area contributed by atoms with Gasteiger partial charge in [-0.1, -0.05) is 133 Å². The lowest BCUT2D eigenvalue weighted by Gasteiger charge is -2.09. The van der Waals surface area contributed by atoms with Crippen LogP contribution in [0.5, 0.6) is 0 Å². The SMILES string of the molecule is c1ccc(-c2nc(-c3ccc(-c4ccc(-c5nc(-c6ccccc6)c6oc7ccccc7c6n5)cc4)cc3)nc3c2oc2ccccc23)cc1. The van der Waals surface area contributed by atoms with Crippen molar-refractivity contribution in [3.05, 3.63) is 158 Å². The number of fused-ring (bicyclic) bond motifs is 6. The Morgan fingerprint density at radius 2 is 0.660 bits per heavy atom. The third-order valence-electron chi connectivity index (χ3n) is 9.15. The summed E-state index contributed by atoms with van der Waals surface area (Å²) in [5, 5.41) is 1.94. The summed E-state index contributed by atoms with van der Waals surface area (Å²) in [6.07, 6.45) is 0. The van der Waals surface area contributed by atoms with Crippen LogP contribution in [0.15, 0.2) is 167 Å². The maximum atomic E-state index is 6.27. The summed E-state index contributed by atoms with van der Waals surface area (Å²) in [6, 6.07) is 53.0. The molecule has 0 saturated carbocycles. The van der Waals surface area contributed by atoms with Gasteiger partial charge < -0.3 is 8.83 Å². The molecule has 4 heterocycles. The highest BCUT2D eigenvalue weighted by atomic mass is 16.3. The van der Waals surface area contributed by atoms with E-state index in [0.717, 1.165) is 77.7 Å². The first-order chi connectivity index (χ1) is 24.8. The van der Waals surface area contributed by atoms with Crippen LogP contribution >= 0.6 is 0 Å². The van der Waals surface area contributed by atoms with Gasteiger partial charge >= 0.3 is 0 Å². The van der Waals surface area contributed by atoms with Gasteiger partial charge in [0.2, 0.25) is 0 Å². The highest BCUT2D eigenvalue weighted by molar-refractivity contribution is 6.08. The van der Waals surface area contributed by atoms with Crippen molar-refractivity contribution in [2.75, 3.05) is 0 Å². The summed E-state index contributed by atoms with van der Waals surface area (Å²) in [7, 11) is 0. The van der Waals surface area contributed by atoms with Crippen LogP contribution in [0.4, 0.5) is 0 Å². The molecule has 0 N–H and O–H groups in total. The summed E-state index contributed by atoms with van der Waals surface area (Å²) < 4.78 is 12.5. The molecule has 6 aromatic carbocycles. The number of benzene rings is 6. The van der Waals surface area contributed by atoms with Gasteiger partial charge in [0.15, 0.2) is 22.8 Å². The maximum Gasteiger partial charge on any atom is 0.180 e. The topological polar surface area (TPSA) is 77.8 Å². The van der Waals surface area contributed by atoms with Gasteiger partial charge in [-0.25, -0.2) is 19.9 Å². The molecule has 0 amide bonds. The molecule has 6 nitrogen and oxygen atoms in total. The van der Waals surface area contributed by atoms with Gasteiger partial charge in [0.05, 0.1) is 0 Å². The van der Waals surface area contributed by atoms with Crippen molar-refractivity contribution in [2.45, 2.75) is 0 Å². The first kappa shape index (κ1) is 28.1. The second-order valence-electron chi connectivity index (χ2n) is 12.2. The Hall–Kier alpha value is -6.92. The van der Waals surface area contributed by atoms with Crippen molar-refractivity contribution in [3.63, 3.8) is 0 Å². The van der Waals surface area contributed by atoms with Gasteiger partial charge in [-0.05, 0) is 35.4 Å². The quantitative estimate of drug-likeness (QED) is 0.186. The van der Waals surface area contributed by atoms with E-state index in [9.17, 15) is 0 Å². The van der Waals surface area contributed by atoms with Crippen LogP contribution in [0.3, 0.4) is 0 Å². The standard InChI is InChI=1S/C44H26N4O2/c1-3-11-29(12-4-1)37-41-39(33-15-7-9-17-35(33)49-41)47-43(45-37)31-23-19-27(20-24-31)28-21-25-32(26-22-28)44-46-38(30-13-5-2-6-14-30)42-40(48-44)34-16-8-10-18-36(34)50-42/h1-26H. The van der Waals surface area contributed by atoms with Crippen LogP contribution in [0.1, 0.15) is 0 Å². The first-order valence-electron chi connectivity index (χ1n) is 16.5. The number of aromatic nitrogens is 4. The number of nitrogens with zero attached hydrogens (tertiary/aromatic N) is 4. The normalized spacial score (nSPS) is 11.6. The second-order valence-corrected chi connectivity index (χ2v) is 12.2. The smallest absolute Gasteiger partial charge is 0.180 e. The Labute approximate surface area is 286 Å². The minimum Gasteiger partial charge on any atom is -0.452 e. The molecule has 0 aliphatic carbocycles. The van der Waals surface area contributed by atoms with E-state index in [-0.39, 0.29) is 0 Å². The third kappa shape index (κ3) is 4.65. The van der Waals surface area contributed by atoms with Crippen LogP contribution in [-0.4, -0.2) is 19.9 Å².